The zero-order valence-electron chi connectivity index (χ0n) is 15.2. The van der Waals surface area contributed by atoms with Crippen LogP contribution in [-0.2, 0) is 14.8 Å². The number of nitrogens with zero attached hydrogens (tertiary/aromatic N) is 1. The van der Waals surface area contributed by atoms with Crippen LogP contribution in [0, 0.1) is 0 Å². The van der Waals surface area contributed by atoms with Gasteiger partial charge in [0, 0.05) is 24.8 Å². The van der Waals surface area contributed by atoms with E-state index in [4.69, 9.17) is 12.2 Å². The second kappa shape index (κ2) is 9.16. The Labute approximate surface area is 165 Å². The normalized spacial score (nSPS) is 15.9. The van der Waals surface area contributed by atoms with Gasteiger partial charge in [-0.2, -0.15) is 0 Å². The zero-order chi connectivity index (χ0) is 19.3. The summed E-state index contributed by atoms with van der Waals surface area (Å²) in [5.41, 5.74) is 0.554. The monoisotopic (exact) mass is 415 g/mol. The van der Waals surface area contributed by atoms with Crippen molar-refractivity contribution in [2.45, 2.75) is 49.8 Å². The predicted molar refractivity (Wildman–Crippen MR) is 111 cm³/mol. The van der Waals surface area contributed by atoms with Crippen LogP contribution in [0.25, 0.3) is 0 Å². The summed E-state index contributed by atoms with van der Waals surface area (Å²) in [6.45, 7) is 7.25. The highest BCUT2D eigenvalue weighted by Gasteiger charge is 2.21. The highest BCUT2D eigenvalue weighted by atomic mass is 32.2. The van der Waals surface area contributed by atoms with Crippen molar-refractivity contribution in [3.05, 3.63) is 24.3 Å². The third-order valence-corrected chi connectivity index (χ3v) is 7.08. The Morgan fingerprint density at radius 1 is 1.15 bits per heavy atom. The number of anilines is 1. The summed E-state index contributed by atoms with van der Waals surface area (Å²) in [6, 6.07) is 5.95. The predicted octanol–water partition coefficient (Wildman–Crippen LogP) is 2.81. The first-order valence-corrected chi connectivity index (χ1v) is 11.3. The van der Waals surface area contributed by atoms with Crippen molar-refractivity contribution in [2.75, 3.05) is 18.4 Å². The highest BCUT2D eigenvalue weighted by Crippen LogP contribution is 2.22. The fourth-order valence-corrected chi connectivity index (χ4v) is 5.19. The van der Waals surface area contributed by atoms with Gasteiger partial charge in [0.15, 0.2) is 0 Å². The van der Waals surface area contributed by atoms with Gasteiger partial charge in [0.25, 0.3) is 0 Å². The van der Waals surface area contributed by atoms with E-state index < -0.39 is 10.0 Å². The maximum Gasteiger partial charge on any atom is 0.240 e. The number of amides is 1. The molecule has 6 nitrogen and oxygen atoms in total. The molecule has 0 aromatic heterocycles. The van der Waals surface area contributed by atoms with Crippen LogP contribution in [0.2, 0.25) is 0 Å². The van der Waals surface area contributed by atoms with E-state index in [1.807, 2.05) is 6.92 Å². The SMILES string of the molecule is CC(C)NS(=O)(=O)c1ccc(NC(=O)[C@H](C)SC(=S)N2CCCC2)cc1. The molecule has 1 aliphatic heterocycles. The van der Waals surface area contributed by atoms with Crippen LogP contribution in [0.5, 0.6) is 0 Å². The Kier molecular flexibility index (Phi) is 7.45. The summed E-state index contributed by atoms with van der Waals surface area (Å²) in [5, 5.41) is 2.48. The molecule has 1 aromatic rings. The van der Waals surface area contributed by atoms with Crippen molar-refractivity contribution >= 4 is 49.9 Å². The van der Waals surface area contributed by atoms with Gasteiger partial charge < -0.3 is 10.2 Å². The molecule has 1 aromatic carbocycles. The number of carbonyl (C=O) groups is 1. The Morgan fingerprint density at radius 3 is 2.27 bits per heavy atom. The minimum atomic E-state index is -3.54. The molecule has 9 heteroatoms. The standard InChI is InChI=1S/C17H25N3O3S3/c1-12(2)19-26(22,23)15-8-6-14(7-9-15)18-16(21)13(3)25-17(24)20-10-4-5-11-20/h6-9,12-13,19H,4-5,10-11H2,1-3H3,(H,18,21)/t13-/m0/s1. The number of thioether (sulfide) groups is 1. The largest absolute Gasteiger partial charge is 0.358 e. The summed E-state index contributed by atoms with van der Waals surface area (Å²) >= 11 is 6.78. The van der Waals surface area contributed by atoms with Crippen LogP contribution in [0.4, 0.5) is 5.69 Å². The molecule has 0 aliphatic carbocycles. The molecule has 0 radical (unpaired) electrons. The average Bonchev–Trinajstić information content (AvgIpc) is 3.08. The molecule has 0 spiro atoms. The quantitative estimate of drug-likeness (QED) is 0.696. The Balaban J connectivity index is 1.93. The van der Waals surface area contributed by atoms with Crippen LogP contribution in [0.1, 0.15) is 33.6 Å². The van der Waals surface area contributed by atoms with E-state index in [1.165, 1.54) is 23.9 Å². The lowest BCUT2D eigenvalue weighted by Crippen LogP contribution is -2.30. The lowest BCUT2D eigenvalue weighted by molar-refractivity contribution is -0.115. The molecular weight excluding hydrogens is 390 g/mol. The number of thiocarbonyl (C=S) groups is 1. The van der Waals surface area contributed by atoms with Gasteiger partial charge in [0.2, 0.25) is 15.9 Å². The van der Waals surface area contributed by atoms with Crippen LogP contribution < -0.4 is 10.0 Å². The summed E-state index contributed by atoms with van der Waals surface area (Å²) < 4.78 is 27.5. The van der Waals surface area contributed by atoms with E-state index in [1.54, 1.807) is 26.0 Å². The molecular formula is C17H25N3O3S3. The van der Waals surface area contributed by atoms with Crippen molar-refractivity contribution < 1.29 is 13.2 Å². The molecule has 1 saturated heterocycles. The minimum absolute atomic E-state index is 0.160. The molecule has 0 bridgehead atoms. The Morgan fingerprint density at radius 2 is 1.73 bits per heavy atom. The van der Waals surface area contributed by atoms with E-state index in [0.29, 0.717) is 5.69 Å². The zero-order valence-corrected chi connectivity index (χ0v) is 17.6. The molecule has 1 atom stereocenters. The number of hydrogen-bond donors (Lipinski definition) is 2. The summed E-state index contributed by atoms with van der Waals surface area (Å²) in [5.74, 6) is -0.160. The van der Waals surface area contributed by atoms with Crippen molar-refractivity contribution in [1.29, 1.82) is 0 Å². The first-order chi connectivity index (χ1) is 12.2. The van der Waals surface area contributed by atoms with Crippen molar-refractivity contribution in [1.82, 2.24) is 9.62 Å². The molecule has 0 saturated carbocycles. The second-order valence-electron chi connectivity index (χ2n) is 6.51. The van der Waals surface area contributed by atoms with Gasteiger partial charge in [-0.3, -0.25) is 4.79 Å². The fraction of sp³-hybridized carbons (Fsp3) is 0.529. The van der Waals surface area contributed by atoms with Crippen LogP contribution in [-0.4, -0.2) is 47.9 Å². The molecule has 144 valence electrons. The first-order valence-electron chi connectivity index (χ1n) is 8.58. The molecule has 2 N–H and O–H groups in total. The van der Waals surface area contributed by atoms with Crippen LogP contribution >= 0.6 is 24.0 Å². The van der Waals surface area contributed by atoms with Crippen molar-refractivity contribution in [2.24, 2.45) is 0 Å². The molecule has 2 rings (SSSR count). The smallest absolute Gasteiger partial charge is 0.240 e. The maximum atomic E-state index is 12.3. The van der Waals surface area contributed by atoms with Gasteiger partial charge in [-0.15, -0.1) is 0 Å². The molecule has 1 fully saturated rings. The van der Waals surface area contributed by atoms with Gasteiger partial charge >= 0.3 is 0 Å². The minimum Gasteiger partial charge on any atom is -0.358 e. The van der Waals surface area contributed by atoms with E-state index in [2.05, 4.69) is 14.9 Å². The van der Waals surface area contributed by atoms with Crippen LogP contribution in [0.3, 0.4) is 0 Å². The van der Waals surface area contributed by atoms with Gasteiger partial charge in [0.1, 0.15) is 4.32 Å². The number of sulfonamides is 1. The highest BCUT2D eigenvalue weighted by molar-refractivity contribution is 8.23. The maximum absolute atomic E-state index is 12.3. The third kappa shape index (κ3) is 5.94. The molecule has 1 amide bonds. The second-order valence-corrected chi connectivity index (χ2v) is 10.2. The number of carbonyl (C=O) groups excluding carboxylic acids is 1. The number of likely N-dealkylation sites (tertiary alicyclic amines) is 1. The van der Waals surface area contributed by atoms with E-state index in [-0.39, 0.29) is 22.1 Å². The van der Waals surface area contributed by atoms with Crippen molar-refractivity contribution in [3.63, 3.8) is 0 Å². The van der Waals surface area contributed by atoms with Gasteiger partial charge in [0.05, 0.1) is 10.1 Å². The average molecular weight is 416 g/mol. The molecule has 0 unspecified atom stereocenters. The Bertz CT molecular complexity index is 742. The summed E-state index contributed by atoms with van der Waals surface area (Å²) in [6.07, 6.45) is 2.28. The number of hydrogen-bond acceptors (Lipinski definition) is 5. The topological polar surface area (TPSA) is 78.5 Å². The first kappa shape index (κ1) is 21.1. The Hall–Kier alpha value is -1.16. The summed E-state index contributed by atoms with van der Waals surface area (Å²) in [7, 11) is -3.54. The van der Waals surface area contributed by atoms with Gasteiger partial charge in [-0.1, -0.05) is 24.0 Å². The van der Waals surface area contributed by atoms with Crippen molar-refractivity contribution in [3.8, 4) is 0 Å². The third-order valence-electron chi connectivity index (χ3n) is 3.83. The van der Waals surface area contributed by atoms with E-state index in [0.717, 1.165) is 30.3 Å². The number of rotatable bonds is 6. The number of benzene rings is 1. The molecule has 26 heavy (non-hydrogen) atoms. The summed E-state index contributed by atoms with van der Waals surface area (Å²) in [4.78, 5) is 14.6. The van der Waals surface area contributed by atoms with Crippen LogP contribution in [0.15, 0.2) is 29.2 Å². The molecule has 1 aliphatic rings. The van der Waals surface area contributed by atoms with E-state index >= 15 is 0 Å². The van der Waals surface area contributed by atoms with E-state index in [9.17, 15) is 13.2 Å². The number of nitrogens with one attached hydrogen (secondary N) is 2. The lowest BCUT2D eigenvalue weighted by Gasteiger charge is -2.20. The van der Waals surface area contributed by atoms with Gasteiger partial charge in [-0.05, 0) is 57.9 Å². The lowest BCUT2D eigenvalue weighted by atomic mass is 10.3. The fourth-order valence-electron chi connectivity index (χ4n) is 2.52. The molecule has 1 heterocycles. The van der Waals surface area contributed by atoms with Gasteiger partial charge in [-0.25, -0.2) is 13.1 Å².